The Kier molecular flexibility index (Phi) is 4.66. The van der Waals surface area contributed by atoms with Crippen molar-refractivity contribution in [1.29, 1.82) is 0 Å². The maximum Gasteiger partial charge on any atom is 0.241 e. The first-order valence-electron chi connectivity index (χ1n) is 11.8. The summed E-state index contributed by atoms with van der Waals surface area (Å²) in [5.41, 5.74) is 1.59. The van der Waals surface area contributed by atoms with Gasteiger partial charge in [0.05, 0.1) is 23.6 Å². The number of hydrogen-bond acceptors (Lipinski definition) is 5. The van der Waals surface area contributed by atoms with Crippen molar-refractivity contribution >= 4 is 29.1 Å². The number of ketones is 2. The molecule has 2 aliphatic heterocycles. The number of rotatable bonds is 3. The maximum absolute atomic E-state index is 13.9. The molecule has 3 atom stereocenters. The van der Waals surface area contributed by atoms with E-state index in [0.29, 0.717) is 11.3 Å². The first-order valence-corrected chi connectivity index (χ1v) is 11.8. The Balaban J connectivity index is 1.53. The standard InChI is InChI=1S/C29H23NO5/c1-3-17-10-12-18(13-11-17)24-22-23(28(34)30(27(22)33)19-14-8-16(2)9-15-19)29(35-24)25(31)20-6-4-5-7-21(20)26(29)32/h4-15,22-24H,3H2,1-2H3/t22-,23+,24-/m0/s1. The molecule has 1 aliphatic carbocycles. The molecule has 0 radical (unpaired) electrons. The van der Waals surface area contributed by atoms with E-state index in [0.717, 1.165) is 22.4 Å². The van der Waals surface area contributed by atoms with Gasteiger partial charge in [-0.3, -0.25) is 19.2 Å². The summed E-state index contributed by atoms with van der Waals surface area (Å²) in [6.45, 7) is 3.95. The van der Waals surface area contributed by atoms with E-state index in [2.05, 4.69) is 0 Å². The number of carbonyl (C=O) groups excluding carboxylic acids is 4. The van der Waals surface area contributed by atoms with Gasteiger partial charge in [-0.15, -0.1) is 0 Å². The van der Waals surface area contributed by atoms with Crippen molar-refractivity contribution in [3.63, 3.8) is 0 Å². The topological polar surface area (TPSA) is 80.8 Å². The lowest BCUT2D eigenvalue weighted by molar-refractivity contribution is -0.127. The fourth-order valence-corrected chi connectivity index (χ4v) is 5.71. The summed E-state index contributed by atoms with van der Waals surface area (Å²) in [6, 6.07) is 21.1. The van der Waals surface area contributed by atoms with Crippen LogP contribution in [0.5, 0.6) is 0 Å². The summed E-state index contributed by atoms with van der Waals surface area (Å²) in [4.78, 5) is 56.4. The number of aryl methyl sites for hydroxylation is 2. The lowest BCUT2D eigenvalue weighted by Crippen LogP contribution is -2.51. The summed E-state index contributed by atoms with van der Waals surface area (Å²) >= 11 is 0. The second kappa shape index (κ2) is 7.55. The molecule has 2 saturated heterocycles. The zero-order valence-corrected chi connectivity index (χ0v) is 19.4. The molecule has 1 spiro atoms. The molecule has 0 bridgehead atoms. The van der Waals surface area contributed by atoms with Gasteiger partial charge in [-0.05, 0) is 36.6 Å². The molecule has 6 rings (SSSR count). The molecule has 174 valence electrons. The number of fused-ring (bicyclic) bond motifs is 3. The minimum atomic E-state index is -2.05. The quantitative estimate of drug-likeness (QED) is 0.427. The van der Waals surface area contributed by atoms with Crippen LogP contribution in [0, 0.1) is 18.8 Å². The third-order valence-electron chi connectivity index (χ3n) is 7.53. The SMILES string of the molecule is CCc1ccc([C@@H]2OC3(C(=O)c4ccccc4C3=O)[C@H]3C(=O)N(c4ccc(C)cc4)C(=O)[C@H]23)cc1. The van der Waals surface area contributed by atoms with Crippen LogP contribution in [0.2, 0.25) is 0 Å². The van der Waals surface area contributed by atoms with Crippen LogP contribution >= 0.6 is 0 Å². The number of carbonyl (C=O) groups is 4. The van der Waals surface area contributed by atoms with Crippen molar-refractivity contribution < 1.29 is 23.9 Å². The molecule has 2 amide bonds. The number of anilines is 1. The summed E-state index contributed by atoms with van der Waals surface area (Å²) in [7, 11) is 0. The number of Topliss-reactive ketones (excluding diaryl/α,β-unsaturated/α-hetero) is 2. The number of amides is 2. The summed E-state index contributed by atoms with van der Waals surface area (Å²) in [5.74, 6) is -4.36. The van der Waals surface area contributed by atoms with Crippen LogP contribution in [0.25, 0.3) is 0 Å². The van der Waals surface area contributed by atoms with Gasteiger partial charge in [-0.1, -0.05) is 73.2 Å². The van der Waals surface area contributed by atoms with Crippen molar-refractivity contribution in [2.24, 2.45) is 11.8 Å². The van der Waals surface area contributed by atoms with E-state index in [1.165, 1.54) is 0 Å². The minimum Gasteiger partial charge on any atom is -0.349 e. The van der Waals surface area contributed by atoms with Crippen LogP contribution in [0.1, 0.15) is 50.4 Å². The molecule has 6 heteroatoms. The van der Waals surface area contributed by atoms with E-state index in [-0.39, 0.29) is 11.1 Å². The molecule has 0 unspecified atom stereocenters. The van der Waals surface area contributed by atoms with Crippen molar-refractivity contribution in [3.8, 4) is 0 Å². The van der Waals surface area contributed by atoms with Crippen LogP contribution in [-0.2, 0) is 20.7 Å². The van der Waals surface area contributed by atoms with E-state index in [4.69, 9.17) is 4.74 Å². The van der Waals surface area contributed by atoms with E-state index in [1.807, 2.05) is 50.2 Å². The molecule has 0 saturated carbocycles. The van der Waals surface area contributed by atoms with Gasteiger partial charge in [-0.2, -0.15) is 0 Å². The number of ether oxygens (including phenoxy) is 1. The smallest absolute Gasteiger partial charge is 0.241 e. The molecule has 3 aromatic carbocycles. The highest BCUT2D eigenvalue weighted by molar-refractivity contribution is 6.37. The fourth-order valence-electron chi connectivity index (χ4n) is 5.71. The maximum atomic E-state index is 13.9. The molecule has 2 fully saturated rings. The third kappa shape index (κ3) is 2.80. The molecule has 6 nitrogen and oxygen atoms in total. The lowest BCUT2D eigenvalue weighted by atomic mass is 9.77. The van der Waals surface area contributed by atoms with Crippen LogP contribution in [0.15, 0.2) is 72.8 Å². The Morgan fingerprint density at radius 2 is 1.40 bits per heavy atom. The predicted molar refractivity (Wildman–Crippen MR) is 128 cm³/mol. The van der Waals surface area contributed by atoms with Gasteiger partial charge in [0.15, 0.2) is 0 Å². The van der Waals surface area contributed by atoms with Gasteiger partial charge in [0.25, 0.3) is 0 Å². The van der Waals surface area contributed by atoms with E-state index >= 15 is 0 Å². The first kappa shape index (κ1) is 21.6. The largest absolute Gasteiger partial charge is 0.349 e. The molecule has 3 aromatic rings. The van der Waals surface area contributed by atoms with E-state index in [1.54, 1.807) is 36.4 Å². The monoisotopic (exact) mass is 465 g/mol. The van der Waals surface area contributed by atoms with Gasteiger partial charge < -0.3 is 4.74 Å². The highest BCUT2D eigenvalue weighted by Gasteiger charge is 2.74. The van der Waals surface area contributed by atoms with Gasteiger partial charge in [0, 0.05) is 11.1 Å². The Bertz CT molecular complexity index is 1370. The fraction of sp³-hybridized carbons (Fsp3) is 0.241. The van der Waals surface area contributed by atoms with Gasteiger partial charge in [0.1, 0.15) is 0 Å². The zero-order chi connectivity index (χ0) is 24.5. The summed E-state index contributed by atoms with van der Waals surface area (Å²) < 4.78 is 6.32. The van der Waals surface area contributed by atoms with Crippen LogP contribution in [0.3, 0.4) is 0 Å². The molecule has 2 heterocycles. The minimum absolute atomic E-state index is 0.229. The second-order valence-electron chi connectivity index (χ2n) is 9.42. The second-order valence-corrected chi connectivity index (χ2v) is 9.42. The average molecular weight is 466 g/mol. The zero-order valence-electron chi connectivity index (χ0n) is 19.4. The van der Waals surface area contributed by atoms with Crippen molar-refractivity contribution in [2.75, 3.05) is 4.90 Å². The molecular formula is C29H23NO5. The number of nitrogens with zero attached hydrogens (tertiary/aromatic N) is 1. The van der Waals surface area contributed by atoms with Gasteiger partial charge in [-0.25, -0.2) is 4.90 Å². The predicted octanol–water partition coefficient (Wildman–Crippen LogP) is 4.25. The van der Waals surface area contributed by atoms with Crippen molar-refractivity contribution in [2.45, 2.75) is 32.0 Å². The average Bonchev–Trinajstić information content (AvgIpc) is 3.45. The number of imide groups is 1. The lowest BCUT2D eigenvalue weighted by Gasteiger charge is -2.27. The van der Waals surface area contributed by atoms with Crippen molar-refractivity contribution in [3.05, 3.63) is 101 Å². The molecule has 0 N–H and O–H groups in total. The summed E-state index contributed by atoms with van der Waals surface area (Å²) in [5, 5.41) is 0. The Morgan fingerprint density at radius 3 is 1.97 bits per heavy atom. The van der Waals surface area contributed by atoms with E-state index < -0.39 is 46.9 Å². The number of benzene rings is 3. The van der Waals surface area contributed by atoms with Crippen LogP contribution in [-0.4, -0.2) is 29.0 Å². The molecular weight excluding hydrogens is 442 g/mol. The number of hydrogen-bond donors (Lipinski definition) is 0. The Labute approximate surface area is 202 Å². The molecule has 35 heavy (non-hydrogen) atoms. The van der Waals surface area contributed by atoms with Gasteiger partial charge in [0.2, 0.25) is 29.0 Å². The van der Waals surface area contributed by atoms with Gasteiger partial charge >= 0.3 is 0 Å². The molecule has 0 aromatic heterocycles. The van der Waals surface area contributed by atoms with Crippen LogP contribution < -0.4 is 4.90 Å². The summed E-state index contributed by atoms with van der Waals surface area (Å²) in [6.07, 6.45) is -0.0628. The Morgan fingerprint density at radius 1 is 0.800 bits per heavy atom. The molecule has 3 aliphatic rings. The van der Waals surface area contributed by atoms with Crippen LogP contribution in [0.4, 0.5) is 5.69 Å². The Hall–Kier alpha value is -3.90. The highest BCUT2D eigenvalue weighted by atomic mass is 16.5. The van der Waals surface area contributed by atoms with E-state index in [9.17, 15) is 19.2 Å². The third-order valence-corrected chi connectivity index (χ3v) is 7.53. The normalized spacial score (nSPS) is 24.4. The first-order chi connectivity index (χ1) is 16.9. The van der Waals surface area contributed by atoms with Crippen molar-refractivity contribution in [1.82, 2.24) is 0 Å². The highest BCUT2D eigenvalue weighted by Crippen LogP contribution is 2.57.